The maximum atomic E-state index is 11.7. The first kappa shape index (κ1) is 9.93. The number of hydrogen-bond acceptors (Lipinski definition) is 4. The Hall–Kier alpha value is -0.610. The molecule has 0 atom stereocenters. The molecule has 80 valence electrons. The normalized spacial score (nSPS) is 40.6. The van der Waals surface area contributed by atoms with E-state index in [1.165, 1.54) is 0 Å². The van der Waals surface area contributed by atoms with Crippen molar-refractivity contribution in [2.45, 2.75) is 50.4 Å². The third-order valence-corrected chi connectivity index (χ3v) is 2.62. The molecular weight excluding hydrogens is 184 g/mol. The zero-order valence-corrected chi connectivity index (χ0v) is 8.79. The molecule has 3 fully saturated rings. The molecule has 2 heterocycles. The molecule has 0 amide bonds. The molecule has 0 radical (unpaired) electrons. The number of carbonyl (C=O) groups is 1. The number of hydrogen-bond donors (Lipinski definition) is 1. The van der Waals surface area contributed by atoms with E-state index in [2.05, 4.69) is 0 Å². The molecule has 2 aliphatic heterocycles. The highest BCUT2D eigenvalue weighted by atomic mass is 16.6. The Morgan fingerprint density at radius 2 is 2.00 bits per heavy atom. The lowest BCUT2D eigenvalue weighted by Gasteiger charge is -2.40. The highest BCUT2D eigenvalue weighted by Crippen LogP contribution is 2.52. The predicted molar refractivity (Wildman–Crippen MR) is 48.7 cm³/mol. The molecule has 1 aliphatic carbocycles. The zero-order chi connectivity index (χ0) is 10.6. The summed E-state index contributed by atoms with van der Waals surface area (Å²) in [6.07, 6.45) is 0.768. The molecule has 2 bridgehead atoms. The summed E-state index contributed by atoms with van der Waals surface area (Å²) >= 11 is 0. The second-order valence-electron chi connectivity index (χ2n) is 5.36. The number of aliphatic hydroxyl groups is 1. The zero-order valence-electron chi connectivity index (χ0n) is 8.79. The van der Waals surface area contributed by atoms with Crippen LogP contribution < -0.4 is 0 Å². The summed E-state index contributed by atoms with van der Waals surface area (Å²) in [5, 5.41) is 9.64. The van der Waals surface area contributed by atoms with Crippen LogP contribution in [0.2, 0.25) is 0 Å². The highest BCUT2D eigenvalue weighted by Gasteiger charge is 2.67. The third kappa shape index (κ3) is 1.42. The second kappa shape index (κ2) is 2.49. The summed E-state index contributed by atoms with van der Waals surface area (Å²) < 4.78 is 10.5. The molecule has 4 nitrogen and oxygen atoms in total. The molecule has 4 heteroatoms. The van der Waals surface area contributed by atoms with Crippen LogP contribution in [-0.2, 0) is 14.3 Å². The molecule has 0 aromatic heterocycles. The van der Waals surface area contributed by atoms with E-state index in [4.69, 9.17) is 9.47 Å². The van der Waals surface area contributed by atoms with Crippen molar-refractivity contribution in [3.8, 4) is 0 Å². The fraction of sp³-hybridized carbons (Fsp3) is 0.900. The SMILES string of the molecule is CC(C)(C)OC(=O)C12CC(O)(CO1)C2. The van der Waals surface area contributed by atoms with Crippen LogP contribution in [0.4, 0.5) is 0 Å². The lowest BCUT2D eigenvalue weighted by Crippen LogP contribution is -2.55. The van der Waals surface area contributed by atoms with Crippen LogP contribution >= 0.6 is 0 Å². The molecule has 14 heavy (non-hydrogen) atoms. The quantitative estimate of drug-likeness (QED) is 0.630. The number of ether oxygens (including phenoxy) is 2. The van der Waals surface area contributed by atoms with E-state index in [1.54, 1.807) is 0 Å². The summed E-state index contributed by atoms with van der Waals surface area (Å²) in [7, 11) is 0. The van der Waals surface area contributed by atoms with E-state index >= 15 is 0 Å². The van der Waals surface area contributed by atoms with Crippen LogP contribution in [-0.4, -0.2) is 34.5 Å². The van der Waals surface area contributed by atoms with Crippen molar-refractivity contribution in [3.63, 3.8) is 0 Å². The van der Waals surface area contributed by atoms with E-state index in [-0.39, 0.29) is 12.6 Å². The Morgan fingerprint density at radius 1 is 1.43 bits per heavy atom. The van der Waals surface area contributed by atoms with Gasteiger partial charge in [0.2, 0.25) is 0 Å². The van der Waals surface area contributed by atoms with Crippen molar-refractivity contribution in [3.05, 3.63) is 0 Å². The fourth-order valence-electron chi connectivity index (χ4n) is 2.06. The lowest BCUT2D eigenvalue weighted by atomic mass is 9.71. The molecule has 0 aromatic carbocycles. The Kier molecular flexibility index (Phi) is 1.77. The maximum Gasteiger partial charge on any atom is 0.339 e. The molecule has 3 rings (SSSR count). The molecular formula is C10H16O4. The summed E-state index contributed by atoms with van der Waals surface area (Å²) in [4.78, 5) is 11.7. The molecule has 0 aromatic rings. The third-order valence-electron chi connectivity index (χ3n) is 2.62. The van der Waals surface area contributed by atoms with Gasteiger partial charge in [-0.25, -0.2) is 4.79 Å². The predicted octanol–water partition coefficient (Wildman–Crippen LogP) is 0.622. The van der Waals surface area contributed by atoms with Crippen LogP contribution in [0.3, 0.4) is 0 Å². The van der Waals surface area contributed by atoms with Gasteiger partial charge in [-0.15, -0.1) is 0 Å². The minimum absolute atomic E-state index is 0.256. The summed E-state index contributed by atoms with van der Waals surface area (Å²) in [6.45, 7) is 5.72. The number of fused-ring (bicyclic) bond motifs is 1. The van der Waals surface area contributed by atoms with Crippen LogP contribution in [0.15, 0.2) is 0 Å². The van der Waals surface area contributed by atoms with Gasteiger partial charge >= 0.3 is 5.97 Å². The number of esters is 1. The van der Waals surface area contributed by atoms with Crippen molar-refractivity contribution in [2.24, 2.45) is 0 Å². The second-order valence-corrected chi connectivity index (χ2v) is 5.36. The fourth-order valence-corrected chi connectivity index (χ4v) is 2.06. The highest BCUT2D eigenvalue weighted by molar-refractivity contribution is 5.82. The minimum atomic E-state index is -0.845. The van der Waals surface area contributed by atoms with Gasteiger partial charge in [-0.3, -0.25) is 0 Å². The van der Waals surface area contributed by atoms with Crippen LogP contribution in [0.1, 0.15) is 33.6 Å². The van der Waals surface area contributed by atoms with Crippen LogP contribution in [0.25, 0.3) is 0 Å². The van der Waals surface area contributed by atoms with E-state index < -0.39 is 16.8 Å². The standard InChI is InChI=1S/C10H16O4/c1-8(2,3)14-7(11)10-4-9(12,5-10)6-13-10/h12H,4-6H2,1-3H3. The number of rotatable bonds is 1. The molecule has 3 aliphatic rings. The van der Waals surface area contributed by atoms with Crippen molar-refractivity contribution >= 4 is 5.97 Å². The molecule has 0 spiro atoms. The van der Waals surface area contributed by atoms with E-state index in [9.17, 15) is 9.90 Å². The lowest BCUT2D eigenvalue weighted by molar-refractivity contribution is -0.186. The van der Waals surface area contributed by atoms with Gasteiger partial charge in [-0.05, 0) is 20.8 Å². The largest absolute Gasteiger partial charge is 0.458 e. The average molecular weight is 200 g/mol. The topological polar surface area (TPSA) is 55.8 Å². The Morgan fingerprint density at radius 3 is 2.36 bits per heavy atom. The molecule has 0 unspecified atom stereocenters. The summed E-state index contributed by atoms with van der Waals surface area (Å²) in [6, 6.07) is 0. The van der Waals surface area contributed by atoms with Gasteiger partial charge in [0.1, 0.15) is 5.60 Å². The number of carbonyl (C=O) groups excluding carboxylic acids is 1. The van der Waals surface area contributed by atoms with Crippen LogP contribution in [0.5, 0.6) is 0 Å². The van der Waals surface area contributed by atoms with Gasteiger partial charge < -0.3 is 14.6 Å². The minimum Gasteiger partial charge on any atom is -0.458 e. The van der Waals surface area contributed by atoms with Gasteiger partial charge in [-0.1, -0.05) is 0 Å². The Balaban J connectivity index is 2.01. The Labute approximate surface area is 83.2 Å². The van der Waals surface area contributed by atoms with Crippen LogP contribution in [0, 0.1) is 0 Å². The van der Waals surface area contributed by atoms with E-state index in [0.717, 1.165) is 0 Å². The van der Waals surface area contributed by atoms with Gasteiger partial charge in [0, 0.05) is 12.8 Å². The molecule has 1 N–H and O–H groups in total. The summed E-state index contributed by atoms with van der Waals surface area (Å²) in [5.74, 6) is -0.341. The average Bonchev–Trinajstić information content (AvgIpc) is 2.37. The molecule has 2 saturated heterocycles. The van der Waals surface area contributed by atoms with Crippen molar-refractivity contribution in [2.75, 3.05) is 6.61 Å². The first-order valence-corrected chi connectivity index (χ1v) is 4.85. The van der Waals surface area contributed by atoms with Crippen molar-refractivity contribution in [1.29, 1.82) is 0 Å². The van der Waals surface area contributed by atoms with Gasteiger partial charge in [0.15, 0.2) is 5.60 Å². The Bertz CT molecular complexity index is 270. The smallest absolute Gasteiger partial charge is 0.339 e. The summed E-state index contributed by atoms with van der Waals surface area (Å²) in [5.41, 5.74) is -2.11. The van der Waals surface area contributed by atoms with Gasteiger partial charge in [-0.2, -0.15) is 0 Å². The maximum absolute atomic E-state index is 11.7. The first-order chi connectivity index (χ1) is 6.25. The van der Waals surface area contributed by atoms with Crippen molar-refractivity contribution in [1.82, 2.24) is 0 Å². The monoisotopic (exact) mass is 200 g/mol. The van der Waals surface area contributed by atoms with E-state index in [0.29, 0.717) is 12.8 Å². The first-order valence-electron chi connectivity index (χ1n) is 4.85. The van der Waals surface area contributed by atoms with Crippen molar-refractivity contribution < 1.29 is 19.4 Å². The van der Waals surface area contributed by atoms with Gasteiger partial charge in [0.05, 0.1) is 12.2 Å². The van der Waals surface area contributed by atoms with E-state index in [1.807, 2.05) is 20.8 Å². The molecule has 1 saturated carbocycles. The van der Waals surface area contributed by atoms with Gasteiger partial charge in [0.25, 0.3) is 0 Å².